The molecule has 1 atom stereocenters. The monoisotopic (exact) mass is 561 g/mol. The molecule has 0 radical (unpaired) electrons. The molecule has 0 fully saturated rings. The number of carbonyl (C=O) groups is 3. The van der Waals surface area contributed by atoms with E-state index in [9.17, 15) is 19.5 Å². The van der Waals surface area contributed by atoms with Crippen molar-refractivity contribution in [3.8, 4) is 5.75 Å². The Morgan fingerprint density at radius 3 is 1.76 bits per heavy atom. The zero-order chi connectivity index (χ0) is 30.0. The molecule has 0 aliphatic rings. The van der Waals surface area contributed by atoms with Gasteiger partial charge in [-0.1, -0.05) is 92.0 Å². The molecule has 1 unspecified atom stereocenters. The Morgan fingerprint density at radius 2 is 1.22 bits per heavy atom. The summed E-state index contributed by atoms with van der Waals surface area (Å²) in [6.07, 6.45) is 32.3. The summed E-state index contributed by atoms with van der Waals surface area (Å²) in [6, 6.07) is 5.56. The topological polar surface area (TPSA) is 108 Å². The van der Waals surface area contributed by atoms with E-state index in [-0.39, 0.29) is 36.2 Å². The van der Waals surface area contributed by atoms with Crippen LogP contribution in [0, 0.1) is 0 Å². The summed E-state index contributed by atoms with van der Waals surface area (Å²) in [5.74, 6) is -1.05. The summed E-state index contributed by atoms with van der Waals surface area (Å²) in [5, 5.41) is 17.7. The molecule has 1 aromatic rings. The van der Waals surface area contributed by atoms with Gasteiger partial charge in [-0.25, -0.2) is 0 Å². The van der Waals surface area contributed by atoms with E-state index in [1.165, 1.54) is 12.1 Å². The number of hydrogen-bond donors (Lipinski definition) is 4. The van der Waals surface area contributed by atoms with E-state index < -0.39 is 11.9 Å². The third-order valence-corrected chi connectivity index (χ3v) is 5.76. The number of hydrogen-bond acceptors (Lipinski definition) is 4. The number of carbonyl (C=O) groups excluding carboxylic acids is 3. The standard InChI is InChI=1S/C34H47N3O4/c1-3-4-5-6-7-8-9-10-11-12-13-14-15-16-17-18-19-20-21-26-32(39)37-29(2)33(40)35-27-28-36-34(41)30-24-22-23-25-31(30)38/h4-5,7-8,10-11,13-14,16-17,19-20,22-25,29,38H,3,6,9,12,15,18,21,26-28H2,1-2H3,(H,35,40)(H,36,41)(H,37,39). The molecule has 1 rings (SSSR count). The average Bonchev–Trinajstić information content (AvgIpc) is 2.96. The summed E-state index contributed by atoms with van der Waals surface area (Å²) in [5.41, 5.74) is 0.173. The Kier molecular flexibility index (Phi) is 20.2. The minimum atomic E-state index is -0.679. The summed E-state index contributed by atoms with van der Waals surface area (Å²) in [6.45, 7) is 4.16. The highest BCUT2D eigenvalue weighted by molar-refractivity contribution is 5.96. The van der Waals surface area contributed by atoms with Crippen molar-refractivity contribution in [3.63, 3.8) is 0 Å². The van der Waals surface area contributed by atoms with Crippen molar-refractivity contribution in [2.24, 2.45) is 0 Å². The van der Waals surface area contributed by atoms with Gasteiger partial charge in [0.05, 0.1) is 5.56 Å². The molecule has 0 heterocycles. The lowest BCUT2D eigenvalue weighted by Gasteiger charge is -2.14. The lowest BCUT2D eigenvalue weighted by Crippen LogP contribution is -2.46. The van der Waals surface area contributed by atoms with Crippen molar-refractivity contribution >= 4 is 17.7 Å². The summed E-state index contributed by atoms with van der Waals surface area (Å²) >= 11 is 0. The minimum Gasteiger partial charge on any atom is -0.507 e. The lowest BCUT2D eigenvalue weighted by molar-refractivity contribution is -0.128. The fraction of sp³-hybridized carbons (Fsp3) is 0.382. The third-order valence-electron chi connectivity index (χ3n) is 5.76. The molecule has 7 nitrogen and oxygen atoms in total. The Balaban J connectivity index is 2.07. The number of rotatable bonds is 20. The molecule has 1 aromatic carbocycles. The Morgan fingerprint density at radius 1 is 0.732 bits per heavy atom. The number of benzene rings is 1. The van der Waals surface area contributed by atoms with E-state index in [0.717, 1.165) is 38.5 Å². The molecule has 0 aliphatic heterocycles. The second-order valence-corrected chi connectivity index (χ2v) is 9.31. The number of para-hydroxylation sites is 1. The van der Waals surface area contributed by atoms with Crippen LogP contribution in [-0.2, 0) is 9.59 Å². The van der Waals surface area contributed by atoms with Gasteiger partial charge in [0, 0.05) is 19.5 Å². The fourth-order valence-electron chi connectivity index (χ4n) is 3.51. The number of aromatic hydroxyl groups is 1. The summed E-state index contributed by atoms with van der Waals surface area (Å²) in [7, 11) is 0. The first-order chi connectivity index (χ1) is 20.0. The van der Waals surface area contributed by atoms with Crippen molar-refractivity contribution in [2.45, 2.75) is 71.3 Å². The highest BCUT2D eigenvalue weighted by Gasteiger charge is 2.15. The van der Waals surface area contributed by atoms with Crippen LogP contribution in [0.1, 0.15) is 75.6 Å². The maximum atomic E-state index is 12.2. The quantitative estimate of drug-likeness (QED) is 0.112. The van der Waals surface area contributed by atoms with Crippen molar-refractivity contribution in [1.29, 1.82) is 0 Å². The molecular weight excluding hydrogens is 514 g/mol. The van der Waals surface area contributed by atoms with Crippen LogP contribution < -0.4 is 16.0 Å². The van der Waals surface area contributed by atoms with Crippen molar-refractivity contribution in [1.82, 2.24) is 16.0 Å². The molecule has 222 valence electrons. The van der Waals surface area contributed by atoms with Gasteiger partial charge in [0.1, 0.15) is 11.8 Å². The van der Waals surface area contributed by atoms with Gasteiger partial charge < -0.3 is 21.1 Å². The third kappa shape index (κ3) is 18.7. The number of phenols is 1. The first kappa shape index (κ1) is 34.9. The number of amides is 3. The van der Waals surface area contributed by atoms with Crippen LogP contribution in [0.5, 0.6) is 5.75 Å². The molecule has 0 spiro atoms. The molecule has 3 amide bonds. The van der Waals surface area contributed by atoms with Gasteiger partial charge in [-0.05, 0) is 64.0 Å². The van der Waals surface area contributed by atoms with Gasteiger partial charge in [-0.2, -0.15) is 0 Å². The lowest BCUT2D eigenvalue weighted by atomic mass is 10.2. The van der Waals surface area contributed by atoms with Gasteiger partial charge in [0.15, 0.2) is 0 Å². The molecule has 41 heavy (non-hydrogen) atoms. The highest BCUT2D eigenvalue weighted by Crippen LogP contribution is 2.14. The van der Waals surface area contributed by atoms with Crippen LogP contribution in [0.25, 0.3) is 0 Å². The number of phenolic OH excluding ortho intramolecular Hbond substituents is 1. The van der Waals surface area contributed by atoms with Gasteiger partial charge in [0.25, 0.3) is 5.91 Å². The molecule has 0 bridgehead atoms. The number of allylic oxidation sites excluding steroid dienone is 12. The predicted octanol–water partition coefficient (Wildman–Crippen LogP) is 6.22. The zero-order valence-corrected chi connectivity index (χ0v) is 24.6. The van der Waals surface area contributed by atoms with E-state index in [1.54, 1.807) is 19.1 Å². The normalized spacial score (nSPS) is 12.8. The van der Waals surface area contributed by atoms with E-state index >= 15 is 0 Å². The smallest absolute Gasteiger partial charge is 0.255 e. The van der Waals surface area contributed by atoms with Crippen molar-refractivity contribution in [3.05, 3.63) is 103 Å². The fourth-order valence-corrected chi connectivity index (χ4v) is 3.51. The largest absolute Gasteiger partial charge is 0.507 e. The van der Waals surface area contributed by atoms with Crippen molar-refractivity contribution in [2.75, 3.05) is 13.1 Å². The average molecular weight is 562 g/mol. The Hall–Kier alpha value is -4.13. The van der Waals surface area contributed by atoms with Gasteiger partial charge in [-0.3, -0.25) is 14.4 Å². The molecule has 4 N–H and O–H groups in total. The summed E-state index contributed by atoms with van der Waals surface area (Å²) in [4.78, 5) is 36.3. The van der Waals surface area contributed by atoms with Gasteiger partial charge in [-0.15, -0.1) is 0 Å². The van der Waals surface area contributed by atoms with Crippen LogP contribution in [-0.4, -0.2) is 42.0 Å². The molecule has 7 heteroatoms. The number of nitrogens with one attached hydrogen (secondary N) is 3. The summed E-state index contributed by atoms with van der Waals surface area (Å²) < 4.78 is 0. The SMILES string of the molecule is CCC=CCC=CCC=CCC=CCC=CCC=CCCC(=O)NC(C)C(=O)NCCNC(=O)c1ccccc1O. The molecule has 0 saturated heterocycles. The van der Waals surface area contributed by atoms with Crippen LogP contribution in [0.3, 0.4) is 0 Å². The molecule has 0 saturated carbocycles. The molecular formula is C34H47N3O4. The van der Waals surface area contributed by atoms with E-state index in [1.807, 2.05) is 12.2 Å². The maximum Gasteiger partial charge on any atom is 0.255 e. The Bertz CT molecular complexity index is 1080. The Labute approximate surface area is 245 Å². The van der Waals surface area contributed by atoms with E-state index in [2.05, 4.69) is 83.6 Å². The predicted molar refractivity (Wildman–Crippen MR) is 169 cm³/mol. The second kappa shape index (κ2) is 23.7. The van der Waals surface area contributed by atoms with Crippen LogP contribution in [0.15, 0.2) is 97.2 Å². The highest BCUT2D eigenvalue weighted by atomic mass is 16.3. The molecule has 0 aliphatic carbocycles. The van der Waals surface area contributed by atoms with Crippen LogP contribution in [0.4, 0.5) is 0 Å². The minimum absolute atomic E-state index is 0.102. The first-order valence-corrected chi connectivity index (χ1v) is 14.5. The van der Waals surface area contributed by atoms with E-state index in [4.69, 9.17) is 0 Å². The van der Waals surface area contributed by atoms with Crippen LogP contribution >= 0.6 is 0 Å². The van der Waals surface area contributed by atoms with Crippen LogP contribution in [0.2, 0.25) is 0 Å². The van der Waals surface area contributed by atoms with Crippen molar-refractivity contribution < 1.29 is 19.5 Å². The van der Waals surface area contributed by atoms with E-state index in [0.29, 0.717) is 12.8 Å². The maximum absolute atomic E-state index is 12.2. The molecule has 0 aromatic heterocycles. The van der Waals surface area contributed by atoms with Gasteiger partial charge in [0.2, 0.25) is 11.8 Å². The first-order valence-electron chi connectivity index (χ1n) is 14.5. The van der Waals surface area contributed by atoms with Gasteiger partial charge >= 0.3 is 0 Å². The second-order valence-electron chi connectivity index (χ2n) is 9.31. The zero-order valence-electron chi connectivity index (χ0n) is 24.6.